The van der Waals surface area contributed by atoms with Crippen LogP contribution in [0.15, 0.2) is 15.9 Å². The molecular weight excluding hydrogens is 274 g/mol. The van der Waals surface area contributed by atoms with Crippen molar-refractivity contribution in [2.75, 3.05) is 13.2 Å². The molecule has 2 nitrogen and oxygen atoms in total. The van der Waals surface area contributed by atoms with Gasteiger partial charge in [0.15, 0.2) is 0 Å². The summed E-state index contributed by atoms with van der Waals surface area (Å²) in [6.45, 7) is 0.799. The fourth-order valence-corrected chi connectivity index (χ4v) is 3.73. The summed E-state index contributed by atoms with van der Waals surface area (Å²) in [4.78, 5) is 1.31. The number of aliphatic hydroxyl groups excluding tert-OH is 1. The lowest BCUT2D eigenvalue weighted by Gasteiger charge is -2.30. The Morgan fingerprint density at radius 3 is 2.73 bits per heavy atom. The van der Waals surface area contributed by atoms with Crippen LogP contribution in [0.2, 0.25) is 0 Å². The lowest BCUT2D eigenvalue weighted by atomic mass is 9.80. The molecule has 0 aromatic carbocycles. The Bertz CT molecular complexity index is 331. The largest absolute Gasteiger partial charge is 0.396 e. The van der Waals surface area contributed by atoms with E-state index in [1.165, 1.54) is 17.7 Å². The van der Waals surface area contributed by atoms with Crippen molar-refractivity contribution in [1.82, 2.24) is 0 Å². The predicted octanol–water partition coefficient (Wildman–Crippen LogP) is 2.40. The third-order valence-corrected chi connectivity index (χ3v) is 5.01. The molecule has 0 radical (unpaired) electrons. The molecule has 1 unspecified atom stereocenters. The van der Waals surface area contributed by atoms with Gasteiger partial charge >= 0.3 is 0 Å². The van der Waals surface area contributed by atoms with Gasteiger partial charge in [0.2, 0.25) is 0 Å². The summed E-state index contributed by atoms with van der Waals surface area (Å²) < 4.78 is 1.13. The van der Waals surface area contributed by atoms with Gasteiger partial charge in [-0.3, -0.25) is 0 Å². The van der Waals surface area contributed by atoms with Crippen molar-refractivity contribution in [2.45, 2.75) is 19.3 Å². The zero-order valence-corrected chi connectivity index (χ0v) is 11.0. The van der Waals surface area contributed by atoms with Gasteiger partial charge in [0.25, 0.3) is 0 Å². The zero-order chi connectivity index (χ0) is 10.9. The molecule has 15 heavy (non-hydrogen) atoms. The standard InChI is InChI=1S/C11H16BrNOS/c12-9-3-10(15-5-9)4-11(6-13,7-14)8-1-2-8/h3,5,8,14H,1-2,4,6-7,13H2. The third kappa shape index (κ3) is 2.44. The van der Waals surface area contributed by atoms with Crippen molar-refractivity contribution >= 4 is 27.3 Å². The maximum absolute atomic E-state index is 9.57. The number of nitrogens with two attached hydrogens (primary N) is 1. The number of halogens is 1. The van der Waals surface area contributed by atoms with Crippen LogP contribution in [0.3, 0.4) is 0 Å². The highest BCUT2D eigenvalue weighted by atomic mass is 79.9. The van der Waals surface area contributed by atoms with Crippen LogP contribution in [0.5, 0.6) is 0 Å². The van der Waals surface area contributed by atoms with E-state index in [9.17, 15) is 5.11 Å². The molecule has 3 N–H and O–H groups in total. The van der Waals surface area contributed by atoms with Crippen LogP contribution in [0.25, 0.3) is 0 Å². The molecule has 84 valence electrons. The van der Waals surface area contributed by atoms with Gasteiger partial charge in [0.05, 0.1) is 6.61 Å². The third-order valence-electron chi connectivity index (χ3n) is 3.31. The van der Waals surface area contributed by atoms with E-state index in [4.69, 9.17) is 5.73 Å². The van der Waals surface area contributed by atoms with Crippen molar-refractivity contribution in [3.63, 3.8) is 0 Å². The van der Waals surface area contributed by atoms with Gasteiger partial charge < -0.3 is 10.8 Å². The molecule has 0 amide bonds. The van der Waals surface area contributed by atoms with E-state index < -0.39 is 0 Å². The number of hydrogen-bond donors (Lipinski definition) is 2. The van der Waals surface area contributed by atoms with E-state index in [-0.39, 0.29) is 12.0 Å². The van der Waals surface area contributed by atoms with Crippen molar-refractivity contribution in [1.29, 1.82) is 0 Å². The Morgan fingerprint density at radius 1 is 1.60 bits per heavy atom. The normalized spacial score (nSPS) is 20.2. The Labute approximate surface area is 103 Å². The first-order valence-corrected chi connectivity index (χ1v) is 6.91. The van der Waals surface area contributed by atoms with Crippen LogP contribution >= 0.6 is 27.3 Å². The second kappa shape index (κ2) is 4.53. The predicted molar refractivity (Wildman–Crippen MR) is 67.0 cm³/mol. The minimum Gasteiger partial charge on any atom is -0.396 e. The van der Waals surface area contributed by atoms with E-state index in [0.717, 1.165) is 10.9 Å². The van der Waals surface area contributed by atoms with E-state index >= 15 is 0 Å². The van der Waals surface area contributed by atoms with E-state index in [1.807, 2.05) is 0 Å². The molecule has 1 aromatic heterocycles. The minimum atomic E-state index is -0.0652. The minimum absolute atomic E-state index is 0.0652. The first kappa shape index (κ1) is 11.6. The summed E-state index contributed by atoms with van der Waals surface area (Å²) in [6, 6.07) is 2.13. The smallest absolute Gasteiger partial charge is 0.0505 e. The maximum Gasteiger partial charge on any atom is 0.0505 e. The molecule has 0 aliphatic heterocycles. The molecule has 1 atom stereocenters. The first-order valence-electron chi connectivity index (χ1n) is 5.24. The Balaban J connectivity index is 2.12. The SMILES string of the molecule is NCC(CO)(Cc1cc(Br)cs1)C1CC1. The zero-order valence-electron chi connectivity index (χ0n) is 8.58. The molecule has 1 saturated carbocycles. The molecule has 0 bridgehead atoms. The maximum atomic E-state index is 9.57. The average Bonchev–Trinajstić information content (AvgIpc) is 3.01. The van der Waals surface area contributed by atoms with Crippen LogP contribution < -0.4 is 5.73 Å². The Kier molecular flexibility index (Phi) is 3.50. The van der Waals surface area contributed by atoms with Gasteiger partial charge in [-0.05, 0) is 47.2 Å². The van der Waals surface area contributed by atoms with Gasteiger partial charge in [-0.15, -0.1) is 11.3 Å². The van der Waals surface area contributed by atoms with Crippen LogP contribution in [0.1, 0.15) is 17.7 Å². The van der Waals surface area contributed by atoms with Crippen molar-refractivity contribution in [3.05, 3.63) is 20.8 Å². The van der Waals surface area contributed by atoms with Crippen molar-refractivity contribution < 1.29 is 5.11 Å². The summed E-state index contributed by atoms with van der Waals surface area (Å²) >= 11 is 5.19. The molecular formula is C11H16BrNOS. The molecule has 1 aliphatic rings. The number of rotatable bonds is 5. The van der Waals surface area contributed by atoms with Crippen LogP contribution in [0, 0.1) is 11.3 Å². The summed E-state index contributed by atoms with van der Waals surface area (Å²) in [6.07, 6.45) is 3.37. The summed E-state index contributed by atoms with van der Waals surface area (Å²) in [5.74, 6) is 0.633. The average molecular weight is 290 g/mol. The topological polar surface area (TPSA) is 46.2 Å². The monoisotopic (exact) mass is 289 g/mol. The van der Waals surface area contributed by atoms with Crippen LogP contribution in [0.4, 0.5) is 0 Å². The van der Waals surface area contributed by atoms with Gasteiger partial charge in [0, 0.05) is 26.7 Å². The summed E-state index contributed by atoms with van der Waals surface area (Å²) in [5.41, 5.74) is 5.78. The number of hydrogen-bond acceptors (Lipinski definition) is 3. The summed E-state index contributed by atoms with van der Waals surface area (Å²) in [5, 5.41) is 11.7. The lowest BCUT2D eigenvalue weighted by molar-refractivity contribution is 0.110. The molecule has 0 saturated heterocycles. The van der Waals surface area contributed by atoms with Gasteiger partial charge in [-0.25, -0.2) is 0 Å². The molecule has 1 fully saturated rings. The quantitative estimate of drug-likeness (QED) is 0.874. The highest BCUT2D eigenvalue weighted by Crippen LogP contribution is 2.47. The van der Waals surface area contributed by atoms with E-state index in [0.29, 0.717) is 12.5 Å². The van der Waals surface area contributed by atoms with Gasteiger partial charge in [-0.1, -0.05) is 0 Å². The van der Waals surface area contributed by atoms with Crippen LogP contribution in [-0.4, -0.2) is 18.3 Å². The first-order chi connectivity index (χ1) is 7.20. The number of aliphatic hydroxyl groups is 1. The van der Waals surface area contributed by atoms with Crippen molar-refractivity contribution in [2.24, 2.45) is 17.1 Å². The molecule has 1 heterocycles. The fourth-order valence-electron chi connectivity index (χ4n) is 2.12. The molecule has 1 aromatic rings. The molecule has 2 rings (SSSR count). The highest BCUT2D eigenvalue weighted by Gasteiger charge is 2.43. The lowest BCUT2D eigenvalue weighted by Crippen LogP contribution is -2.38. The van der Waals surface area contributed by atoms with Gasteiger partial charge in [0.1, 0.15) is 0 Å². The Morgan fingerprint density at radius 2 is 2.33 bits per heavy atom. The molecule has 4 heteroatoms. The fraction of sp³-hybridized carbons (Fsp3) is 0.636. The highest BCUT2D eigenvalue weighted by molar-refractivity contribution is 9.10. The van der Waals surface area contributed by atoms with Crippen molar-refractivity contribution in [3.8, 4) is 0 Å². The molecule has 0 spiro atoms. The van der Waals surface area contributed by atoms with E-state index in [2.05, 4.69) is 27.4 Å². The van der Waals surface area contributed by atoms with Gasteiger partial charge in [-0.2, -0.15) is 0 Å². The Hall–Kier alpha value is 0.1000. The second-order valence-electron chi connectivity index (χ2n) is 4.41. The number of thiophene rings is 1. The van der Waals surface area contributed by atoms with Crippen LogP contribution in [-0.2, 0) is 6.42 Å². The second-order valence-corrected chi connectivity index (χ2v) is 6.32. The molecule has 1 aliphatic carbocycles. The summed E-state index contributed by atoms with van der Waals surface area (Å²) in [7, 11) is 0. The van der Waals surface area contributed by atoms with E-state index in [1.54, 1.807) is 11.3 Å².